The fourth-order valence-electron chi connectivity index (χ4n) is 1.49. The molecule has 19 heavy (non-hydrogen) atoms. The minimum Gasteiger partial charge on any atom is -0.484 e. The number of ether oxygens (including phenoxy) is 1. The van der Waals surface area contributed by atoms with Crippen LogP contribution < -0.4 is 9.64 Å². The average Bonchev–Trinajstić information content (AvgIpc) is 2.80. The third-order valence-corrected chi connectivity index (χ3v) is 2.56. The fourth-order valence-corrected chi connectivity index (χ4v) is 1.68. The zero-order valence-corrected chi connectivity index (χ0v) is 11.3. The number of oxazole rings is 1. The van der Waals surface area contributed by atoms with Crippen molar-refractivity contribution in [1.29, 1.82) is 5.26 Å². The highest BCUT2D eigenvalue weighted by atomic mass is 35.5. The molecule has 1 aromatic carbocycles. The van der Waals surface area contributed by atoms with Crippen LogP contribution in [-0.2, 0) is 6.61 Å². The van der Waals surface area contributed by atoms with Gasteiger partial charge >= 0.3 is 0 Å². The lowest BCUT2D eigenvalue weighted by atomic mass is 10.3. The van der Waals surface area contributed by atoms with Gasteiger partial charge in [-0.3, -0.25) is 0 Å². The molecule has 0 saturated heterocycles. The lowest BCUT2D eigenvalue weighted by Gasteiger charge is -2.06. The standard InChI is InChI=1S/C13H12ClN3O2/c1-17(2)13-11(7-15)16-12(19-13)8-18-10-5-3-4-9(14)6-10/h3-6H,8H2,1-2H3. The van der Waals surface area contributed by atoms with Crippen LogP contribution in [0.25, 0.3) is 0 Å². The third kappa shape index (κ3) is 3.18. The average molecular weight is 278 g/mol. The summed E-state index contributed by atoms with van der Waals surface area (Å²) < 4.78 is 11.0. The molecule has 5 nitrogen and oxygen atoms in total. The van der Waals surface area contributed by atoms with Gasteiger partial charge in [-0.25, -0.2) is 0 Å². The third-order valence-electron chi connectivity index (χ3n) is 2.32. The molecule has 0 aliphatic carbocycles. The first kappa shape index (κ1) is 13.2. The van der Waals surface area contributed by atoms with Gasteiger partial charge < -0.3 is 14.1 Å². The van der Waals surface area contributed by atoms with Crippen molar-refractivity contribution < 1.29 is 9.15 Å². The van der Waals surface area contributed by atoms with E-state index in [-0.39, 0.29) is 12.3 Å². The number of hydrogen-bond acceptors (Lipinski definition) is 5. The second-order valence-electron chi connectivity index (χ2n) is 4.01. The van der Waals surface area contributed by atoms with Gasteiger partial charge in [0.2, 0.25) is 17.5 Å². The summed E-state index contributed by atoms with van der Waals surface area (Å²) in [7, 11) is 3.56. The molecule has 6 heteroatoms. The molecule has 0 fully saturated rings. The second kappa shape index (κ2) is 5.63. The Labute approximate surface area is 116 Å². The van der Waals surface area contributed by atoms with E-state index in [4.69, 9.17) is 26.0 Å². The molecule has 0 saturated carbocycles. The predicted octanol–water partition coefficient (Wildman–Crippen LogP) is 2.84. The summed E-state index contributed by atoms with van der Waals surface area (Å²) in [5.74, 6) is 1.39. The van der Waals surface area contributed by atoms with E-state index >= 15 is 0 Å². The Morgan fingerprint density at radius 2 is 2.26 bits per heavy atom. The van der Waals surface area contributed by atoms with Crippen LogP contribution in [0.4, 0.5) is 5.88 Å². The van der Waals surface area contributed by atoms with E-state index in [1.807, 2.05) is 6.07 Å². The topological polar surface area (TPSA) is 62.3 Å². The largest absolute Gasteiger partial charge is 0.484 e. The Bertz CT molecular complexity index is 617. The fraction of sp³-hybridized carbons (Fsp3) is 0.231. The van der Waals surface area contributed by atoms with Crippen molar-refractivity contribution in [2.45, 2.75) is 6.61 Å². The zero-order valence-electron chi connectivity index (χ0n) is 10.6. The molecule has 1 aromatic heterocycles. The van der Waals surface area contributed by atoms with E-state index < -0.39 is 0 Å². The molecular formula is C13H12ClN3O2. The van der Waals surface area contributed by atoms with Gasteiger partial charge in [-0.15, -0.1) is 0 Å². The van der Waals surface area contributed by atoms with Gasteiger partial charge in [0.1, 0.15) is 11.8 Å². The molecule has 0 radical (unpaired) electrons. The molecule has 0 bridgehead atoms. The quantitative estimate of drug-likeness (QED) is 0.860. The van der Waals surface area contributed by atoms with Crippen LogP contribution in [0.1, 0.15) is 11.6 Å². The molecule has 2 aromatic rings. The highest BCUT2D eigenvalue weighted by Crippen LogP contribution is 2.22. The van der Waals surface area contributed by atoms with Gasteiger partial charge in [0, 0.05) is 19.1 Å². The van der Waals surface area contributed by atoms with E-state index in [9.17, 15) is 0 Å². The van der Waals surface area contributed by atoms with E-state index in [0.717, 1.165) is 0 Å². The molecule has 0 spiro atoms. The highest BCUT2D eigenvalue weighted by Gasteiger charge is 2.14. The number of anilines is 1. The minimum atomic E-state index is 0.142. The molecule has 0 aliphatic heterocycles. The van der Waals surface area contributed by atoms with Gasteiger partial charge in [-0.2, -0.15) is 10.2 Å². The Morgan fingerprint density at radius 1 is 1.47 bits per heavy atom. The SMILES string of the molecule is CN(C)c1oc(COc2cccc(Cl)c2)nc1C#N. The van der Waals surface area contributed by atoms with Crippen molar-refractivity contribution in [3.63, 3.8) is 0 Å². The molecule has 0 amide bonds. The highest BCUT2D eigenvalue weighted by molar-refractivity contribution is 6.30. The molecule has 0 N–H and O–H groups in total. The zero-order chi connectivity index (χ0) is 13.8. The predicted molar refractivity (Wildman–Crippen MR) is 71.3 cm³/mol. The van der Waals surface area contributed by atoms with Crippen molar-refractivity contribution in [3.8, 4) is 11.8 Å². The van der Waals surface area contributed by atoms with Crippen molar-refractivity contribution in [2.75, 3.05) is 19.0 Å². The Balaban J connectivity index is 2.10. The molecule has 0 atom stereocenters. The second-order valence-corrected chi connectivity index (χ2v) is 4.45. The number of nitrogens with zero attached hydrogens (tertiary/aromatic N) is 3. The summed E-state index contributed by atoms with van der Waals surface area (Å²) >= 11 is 5.85. The van der Waals surface area contributed by atoms with Gasteiger partial charge in [0.05, 0.1) is 0 Å². The van der Waals surface area contributed by atoms with Crippen LogP contribution in [0.3, 0.4) is 0 Å². The van der Waals surface area contributed by atoms with Crippen molar-refractivity contribution in [1.82, 2.24) is 4.98 Å². The Kier molecular flexibility index (Phi) is 3.93. The summed E-state index contributed by atoms with van der Waals surface area (Å²) in [5.41, 5.74) is 0.245. The van der Waals surface area contributed by atoms with Crippen LogP contribution in [-0.4, -0.2) is 19.1 Å². The molecule has 0 unspecified atom stereocenters. The number of hydrogen-bond donors (Lipinski definition) is 0. The first-order valence-electron chi connectivity index (χ1n) is 5.55. The van der Waals surface area contributed by atoms with Gasteiger partial charge in [-0.1, -0.05) is 17.7 Å². The summed E-state index contributed by atoms with van der Waals surface area (Å²) in [5, 5.41) is 9.54. The van der Waals surface area contributed by atoms with Crippen LogP contribution in [0.2, 0.25) is 5.02 Å². The maximum atomic E-state index is 8.94. The molecule has 98 valence electrons. The van der Waals surface area contributed by atoms with Gasteiger partial charge in [0.15, 0.2) is 6.61 Å². The van der Waals surface area contributed by atoms with E-state index in [1.165, 1.54) is 0 Å². The molecule has 1 heterocycles. The number of nitriles is 1. The van der Waals surface area contributed by atoms with Gasteiger partial charge in [-0.05, 0) is 18.2 Å². The lowest BCUT2D eigenvalue weighted by Crippen LogP contribution is -2.08. The Morgan fingerprint density at radius 3 is 2.84 bits per heavy atom. The number of benzene rings is 1. The molecular weight excluding hydrogens is 266 g/mol. The first-order valence-corrected chi connectivity index (χ1v) is 5.93. The van der Waals surface area contributed by atoms with Crippen LogP contribution in [0.5, 0.6) is 5.75 Å². The van der Waals surface area contributed by atoms with Crippen molar-refractivity contribution in [3.05, 3.63) is 40.9 Å². The van der Waals surface area contributed by atoms with E-state index in [2.05, 4.69) is 4.98 Å². The smallest absolute Gasteiger partial charge is 0.236 e. The number of aromatic nitrogens is 1. The van der Waals surface area contributed by atoms with E-state index in [1.54, 1.807) is 43.3 Å². The summed E-state index contributed by atoms with van der Waals surface area (Å²) in [6, 6.07) is 9.02. The lowest BCUT2D eigenvalue weighted by molar-refractivity contribution is 0.264. The maximum absolute atomic E-state index is 8.94. The molecule has 0 aliphatic rings. The summed E-state index contributed by atoms with van der Waals surface area (Å²) in [4.78, 5) is 5.75. The van der Waals surface area contributed by atoms with Crippen LogP contribution >= 0.6 is 11.6 Å². The molecule has 2 rings (SSSR count). The van der Waals surface area contributed by atoms with Crippen LogP contribution in [0.15, 0.2) is 28.7 Å². The first-order chi connectivity index (χ1) is 9.10. The van der Waals surface area contributed by atoms with Gasteiger partial charge in [0.25, 0.3) is 0 Å². The summed E-state index contributed by atoms with van der Waals surface area (Å²) in [6.07, 6.45) is 0. The minimum absolute atomic E-state index is 0.142. The van der Waals surface area contributed by atoms with Crippen LogP contribution in [0, 0.1) is 11.3 Å². The maximum Gasteiger partial charge on any atom is 0.236 e. The van der Waals surface area contributed by atoms with Crippen molar-refractivity contribution in [2.24, 2.45) is 0 Å². The monoisotopic (exact) mass is 277 g/mol. The van der Waals surface area contributed by atoms with Crippen molar-refractivity contribution >= 4 is 17.5 Å². The van der Waals surface area contributed by atoms with E-state index in [0.29, 0.717) is 22.5 Å². The Hall–Kier alpha value is -2.19. The summed E-state index contributed by atoms with van der Waals surface area (Å²) in [6.45, 7) is 0.142. The number of rotatable bonds is 4. The normalized spacial score (nSPS) is 10.0. The number of halogens is 1.